The summed E-state index contributed by atoms with van der Waals surface area (Å²) in [4.78, 5) is 12.0. The summed E-state index contributed by atoms with van der Waals surface area (Å²) in [6.45, 7) is 4.46. The Labute approximate surface area is 143 Å². The molecule has 4 nitrogen and oxygen atoms in total. The third-order valence-electron chi connectivity index (χ3n) is 4.00. The van der Waals surface area contributed by atoms with Crippen LogP contribution in [0.1, 0.15) is 42.6 Å². The quantitative estimate of drug-likeness (QED) is 0.821. The van der Waals surface area contributed by atoms with Crippen LogP contribution in [-0.2, 0) is 11.2 Å². The number of hydrogen-bond donors (Lipinski definition) is 2. The summed E-state index contributed by atoms with van der Waals surface area (Å²) < 4.78 is 5.09. The standard InChI is InChI=1S/C20H25NO3/c1-14(2)16-6-8-17(9-7-16)19(22)13-21-20(23)12-15-4-10-18(24-3)11-5-15/h4-11,14,19,22H,12-13H2,1-3H3,(H,21,23). The zero-order chi connectivity index (χ0) is 17.5. The summed E-state index contributed by atoms with van der Waals surface area (Å²) in [5.41, 5.74) is 2.95. The number of aliphatic hydroxyl groups excluding tert-OH is 1. The summed E-state index contributed by atoms with van der Waals surface area (Å²) in [6, 6.07) is 15.2. The van der Waals surface area contributed by atoms with E-state index in [1.54, 1.807) is 7.11 Å². The second kappa shape index (κ2) is 8.50. The molecule has 0 saturated carbocycles. The average Bonchev–Trinajstić information content (AvgIpc) is 2.60. The fraction of sp³-hybridized carbons (Fsp3) is 0.350. The molecule has 2 aromatic rings. The van der Waals surface area contributed by atoms with Crippen molar-refractivity contribution in [1.29, 1.82) is 0 Å². The van der Waals surface area contributed by atoms with Crippen LogP contribution in [0.4, 0.5) is 0 Å². The molecule has 0 spiro atoms. The van der Waals surface area contributed by atoms with Gasteiger partial charge in [0, 0.05) is 6.54 Å². The van der Waals surface area contributed by atoms with Gasteiger partial charge in [0.15, 0.2) is 0 Å². The molecule has 0 saturated heterocycles. The van der Waals surface area contributed by atoms with Crippen LogP contribution in [0.3, 0.4) is 0 Å². The minimum Gasteiger partial charge on any atom is -0.497 e. The van der Waals surface area contributed by atoms with E-state index in [4.69, 9.17) is 4.74 Å². The number of carbonyl (C=O) groups is 1. The van der Waals surface area contributed by atoms with Crippen molar-refractivity contribution >= 4 is 5.91 Å². The monoisotopic (exact) mass is 327 g/mol. The van der Waals surface area contributed by atoms with Gasteiger partial charge in [0.2, 0.25) is 5.91 Å². The highest BCUT2D eigenvalue weighted by atomic mass is 16.5. The van der Waals surface area contributed by atoms with Crippen molar-refractivity contribution in [3.05, 3.63) is 65.2 Å². The summed E-state index contributed by atoms with van der Waals surface area (Å²) in [7, 11) is 1.61. The van der Waals surface area contributed by atoms with Crippen LogP contribution in [0.5, 0.6) is 5.75 Å². The van der Waals surface area contributed by atoms with Crippen LogP contribution in [0.15, 0.2) is 48.5 Å². The fourth-order valence-corrected chi connectivity index (χ4v) is 2.42. The highest BCUT2D eigenvalue weighted by Gasteiger charge is 2.10. The van der Waals surface area contributed by atoms with Crippen LogP contribution >= 0.6 is 0 Å². The number of amides is 1. The van der Waals surface area contributed by atoms with Crippen molar-refractivity contribution in [2.24, 2.45) is 0 Å². The van der Waals surface area contributed by atoms with E-state index >= 15 is 0 Å². The van der Waals surface area contributed by atoms with E-state index in [0.29, 0.717) is 5.92 Å². The second-order valence-corrected chi connectivity index (χ2v) is 6.17. The van der Waals surface area contributed by atoms with Gasteiger partial charge in [-0.1, -0.05) is 50.2 Å². The fourth-order valence-electron chi connectivity index (χ4n) is 2.42. The molecule has 2 rings (SSSR count). The maximum atomic E-state index is 12.0. The molecule has 0 aliphatic rings. The highest BCUT2D eigenvalue weighted by Crippen LogP contribution is 2.18. The molecular weight excluding hydrogens is 302 g/mol. The van der Waals surface area contributed by atoms with E-state index in [-0.39, 0.29) is 18.9 Å². The molecule has 2 aromatic carbocycles. The van der Waals surface area contributed by atoms with E-state index in [1.165, 1.54) is 5.56 Å². The molecule has 0 fully saturated rings. The molecule has 2 N–H and O–H groups in total. The third kappa shape index (κ3) is 5.10. The van der Waals surface area contributed by atoms with E-state index in [1.807, 2.05) is 48.5 Å². The van der Waals surface area contributed by atoms with Gasteiger partial charge < -0.3 is 15.2 Å². The molecule has 1 atom stereocenters. The number of methoxy groups -OCH3 is 1. The lowest BCUT2D eigenvalue weighted by Crippen LogP contribution is -2.29. The molecule has 0 bridgehead atoms. The molecule has 0 radical (unpaired) electrons. The van der Waals surface area contributed by atoms with Gasteiger partial charge in [-0.3, -0.25) is 4.79 Å². The average molecular weight is 327 g/mol. The van der Waals surface area contributed by atoms with Gasteiger partial charge in [0.05, 0.1) is 19.6 Å². The van der Waals surface area contributed by atoms with Gasteiger partial charge in [-0.2, -0.15) is 0 Å². The Morgan fingerprint density at radius 2 is 1.62 bits per heavy atom. The first-order valence-corrected chi connectivity index (χ1v) is 8.17. The number of hydrogen-bond acceptors (Lipinski definition) is 3. The van der Waals surface area contributed by atoms with Gasteiger partial charge in [-0.05, 0) is 34.7 Å². The van der Waals surface area contributed by atoms with E-state index < -0.39 is 6.10 Å². The van der Waals surface area contributed by atoms with E-state index in [0.717, 1.165) is 16.9 Å². The predicted octanol–water partition coefficient (Wildman–Crippen LogP) is 3.21. The van der Waals surface area contributed by atoms with Crippen LogP contribution in [0.25, 0.3) is 0 Å². The van der Waals surface area contributed by atoms with Crippen LogP contribution in [0, 0.1) is 0 Å². The number of rotatable bonds is 7. The van der Waals surface area contributed by atoms with Gasteiger partial charge in [-0.25, -0.2) is 0 Å². The zero-order valence-electron chi connectivity index (χ0n) is 14.5. The molecule has 4 heteroatoms. The molecule has 24 heavy (non-hydrogen) atoms. The maximum absolute atomic E-state index is 12.0. The topological polar surface area (TPSA) is 58.6 Å². The normalized spacial score (nSPS) is 12.0. The number of carbonyl (C=O) groups excluding carboxylic acids is 1. The summed E-state index contributed by atoms with van der Waals surface area (Å²) >= 11 is 0. The Bertz CT molecular complexity index is 648. The Kier molecular flexibility index (Phi) is 6.38. The Hall–Kier alpha value is -2.33. The number of ether oxygens (including phenoxy) is 1. The van der Waals surface area contributed by atoms with Crippen LogP contribution in [0.2, 0.25) is 0 Å². The van der Waals surface area contributed by atoms with Gasteiger partial charge in [0.1, 0.15) is 5.75 Å². The molecule has 1 amide bonds. The lowest BCUT2D eigenvalue weighted by Gasteiger charge is -2.14. The first-order valence-electron chi connectivity index (χ1n) is 8.17. The van der Waals surface area contributed by atoms with Crippen molar-refractivity contribution in [2.45, 2.75) is 32.3 Å². The minimum atomic E-state index is -0.703. The highest BCUT2D eigenvalue weighted by molar-refractivity contribution is 5.78. The SMILES string of the molecule is COc1ccc(CC(=O)NCC(O)c2ccc(C(C)C)cc2)cc1. The molecule has 128 valence electrons. The number of benzene rings is 2. The van der Waals surface area contributed by atoms with Crippen molar-refractivity contribution < 1.29 is 14.6 Å². The molecule has 0 aliphatic heterocycles. The predicted molar refractivity (Wildman–Crippen MR) is 95.2 cm³/mol. The molecule has 0 heterocycles. The first kappa shape index (κ1) is 18.0. The summed E-state index contributed by atoms with van der Waals surface area (Å²) in [5, 5.41) is 13.0. The van der Waals surface area contributed by atoms with E-state index in [2.05, 4.69) is 19.2 Å². The Morgan fingerprint density at radius 1 is 1.04 bits per heavy atom. The van der Waals surface area contributed by atoms with E-state index in [9.17, 15) is 9.90 Å². The van der Waals surface area contributed by atoms with Gasteiger partial charge in [0.25, 0.3) is 0 Å². The largest absolute Gasteiger partial charge is 0.497 e. The second-order valence-electron chi connectivity index (χ2n) is 6.17. The van der Waals surface area contributed by atoms with Crippen molar-refractivity contribution in [1.82, 2.24) is 5.32 Å². The molecule has 1 unspecified atom stereocenters. The minimum absolute atomic E-state index is 0.113. The van der Waals surface area contributed by atoms with Crippen LogP contribution in [-0.4, -0.2) is 24.7 Å². The smallest absolute Gasteiger partial charge is 0.224 e. The van der Waals surface area contributed by atoms with Crippen molar-refractivity contribution in [3.63, 3.8) is 0 Å². The first-order chi connectivity index (χ1) is 11.5. The molecule has 0 aliphatic carbocycles. The number of nitrogens with one attached hydrogen (secondary N) is 1. The lowest BCUT2D eigenvalue weighted by molar-refractivity contribution is -0.120. The summed E-state index contributed by atoms with van der Waals surface area (Å²) in [6.07, 6.45) is -0.422. The third-order valence-corrected chi connectivity index (χ3v) is 4.00. The molecular formula is C20H25NO3. The van der Waals surface area contributed by atoms with Gasteiger partial charge in [-0.15, -0.1) is 0 Å². The van der Waals surface area contributed by atoms with Crippen molar-refractivity contribution in [2.75, 3.05) is 13.7 Å². The Morgan fingerprint density at radius 3 is 2.17 bits per heavy atom. The lowest BCUT2D eigenvalue weighted by atomic mass is 10.00. The zero-order valence-corrected chi connectivity index (χ0v) is 14.5. The number of aliphatic hydroxyl groups is 1. The van der Waals surface area contributed by atoms with Crippen molar-refractivity contribution in [3.8, 4) is 5.75 Å². The van der Waals surface area contributed by atoms with Gasteiger partial charge >= 0.3 is 0 Å². The molecule has 0 aromatic heterocycles. The Balaban J connectivity index is 1.83. The van der Waals surface area contributed by atoms with Crippen LogP contribution < -0.4 is 10.1 Å². The summed E-state index contributed by atoms with van der Waals surface area (Å²) in [5.74, 6) is 1.11. The maximum Gasteiger partial charge on any atom is 0.224 e.